The molecule has 0 fully saturated rings. The number of aromatic nitrogens is 4. The fourth-order valence-corrected chi connectivity index (χ4v) is 2.66. The summed E-state index contributed by atoms with van der Waals surface area (Å²) in [7, 11) is 0. The van der Waals surface area contributed by atoms with Gasteiger partial charge in [-0.15, -0.1) is 5.10 Å². The second-order valence-corrected chi connectivity index (χ2v) is 5.91. The van der Waals surface area contributed by atoms with Crippen molar-refractivity contribution >= 4 is 11.7 Å². The smallest absolute Gasteiger partial charge is 0.340 e. The van der Waals surface area contributed by atoms with Gasteiger partial charge in [-0.1, -0.05) is 29.8 Å². The number of carbonyl (C=O) groups excluding carboxylic acids is 1. The Morgan fingerprint density at radius 1 is 1.16 bits per heavy atom. The lowest BCUT2D eigenvalue weighted by Crippen LogP contribution is -2.12. The monoisotopic (exact) mass is 337 g/mol. The molecular weight excluding hydrogens is 318 g/mol. The summed E-state index contributed by atoms with van der Waals surface area (Å²) >= 11 is 0. The number of aryl methyl sites for hydroxylation is 3. The fraction of sp³-hybridized carbons (Fsp3) is 0.222. The quantitative estimate of drug-likeness (QED) is 0.580. The summed E-state index contributed by atoms with van der Waals surface area (Å²) in [5.41, 5.74) is 10.4. The summed E-state index contributed by atoms with van der Waals surface area (Å²) in [4.78, 5) is 12.3. The number of nitrogen functional groups attached to an aromatic ring is 1. The van der Waals surface area contributed by atoms with Crippen molar-refractivity contribution < 1.29 is 9.53 Å². The molecule has 1 heterocycles. The Balaban J connectivity index is 1.83. The summed E-state index contributed by atoms with van der Waals surface area (Å²) in [5.74, 6) is -0.0609. The highest BCUT2D eigenvalue weighted by Crippen LogP contribution is 2.20. The van der Waals surface area contributed by atoms with Crippen LogP contribution >= 0.6 is 0 Å². The van der Waals surface area contributed by atoms with Crippen molar-refractivity contribution in [3.05, 3.63) is 64.5 Å². The van der Waals surface area contributed by atoms with E-state index in [0.717, 1.165) is 22.4 Å². The predicted molar refractivity (Wildman–Crippen MR) is 93.3 cm³/mol. The molecule has 7 heteroatoms. The van der Waals surface area contributed by atoms with Crippen molar-refractivity contribution in [3.63, 3.8) is 0 Å². The standard InChI is InChI=1S/C18H19N5O2/c1-11-7-8-15(19)14(9-11)18(24)25-10-16-20-21-22-23(16)17-12(2)5-4-6-13(17)3/h4-9H,10,19H2,1-3H3. The number of nitrogens with zero attached hydrogens (tertiary/aromatic N) is 4. The van der Waals surface area contributed by atoms with Gasteiger partial charge < -0.3 is 10.5 Å². The van der Waals surface area contributed by atoms with Crippen LogP contribution in [0.1, 0.15) is 32.9 Å². The molecule has 0 saturated heterocycles. The molecule has 3 rings (SSSR count). The van der Waals surface area contributed by atoms with Crippen LogP contribution in [0, 0.1) is 20.8 Å². The van der Waals surface area contributed by atoms with Crippen molar-refractivity contribution in [2.75, 3.05) is 5.73 Å². The molecule has 1 aromatic heterocycles. The zero-order valence-corrected chi connectivity index (χ0v) is 14.4. The van der Waals surface area contributed by atoms with Gasteiger partial charge in [0.15, 0.2) is 12.4 Å². The molecule has 0 bridgehead atoms. The first-order valence-electron chi connectivity index (χ1n) is 7.84. The molecule has 2 N–H and O–H groups in total. The van der Waals surface area contributed by atoms with E-state index in [-0.39, 0.29) is 6.61 Å². The molecule has 0 radical (unpaired) electrons. The maximum absolute atomic E-state index is 12.3. The Hall–Kier alpha value is -3.22. The van der Waals surface area contributed by atoms with Crippen LogP contribution in [-0.2, 0) is 11.3 Å². The molecule has 2 aromatic carbocycles. The largest absolute Gasteiger partial charge is 0.454 e. The summed E-state index contributed by atoms with van der Waals surface area (Å²) < 4.78 is 6.96. The molecule has 0 saturated carbocycles. The number of anilines is 1. The Kier molecular flexibility index (Phi) is 4.47. The van der Waals surface area contributed by atoms with Crippen LogP contribution in [0.2, 0.25) is 0 Å². The molecule has 0 atom stereocenters. The van der Waals surface area contributed by atoms with Gasteiger partial charge in [-0.2, -0.15) is 4.68 Å². The van der Waals surface area contributed by atoms with Gasteiger partial charge in [-0.25, -0.2) is 4.79 Å². The molecule has 128 valence electrons. The van der Waals surface area contributed by atoms with Gasteiger partial charge in [0.25, 0.3) is 0 Å². The number of nitrogens with two attached hydrogens (primary N) is 1. The molecule has 0 unspecified atom stereocenters. The number of hydrogen-bond acceptors (Lipinski definition) is 6. The number of carbonyl (C=O) groups is 1. The molecule has 0 aliphatic rings. The second kappa shape index (κ2) is 6.72. The third-order valence-electron chi connectivity index (χ3n) is 3.95. The van der Waals surface area contributed by atoms with Crippen molar-refractivity contribution in [1.29, 1.82) is 0 Å². The van der Waals surface area contributed by atoms with Crippen LogP contribution < -0.4 is 5.73 Å². The molecule has 0 spiro atoms. The van der Waals surface area contributed by atoms with Gasteiger partial charge in [0.2, 0.25) is 0 Å². The molecular formula is C18H19N5O2. The number of para-hydroxylation sites is 1. The van der Waals surface area contributed by atoms with Crippen molar-refractivity contribution in [2.45, 2.75) is 27.4 Å². The van der Waals surface area contributed by atoms with Crippen LogP contribution in [0.15, 0.2) is 36.4 Å². The van der Waals surface area contributed by atoms with E-state index in [4.69, 9.17) is 10.5 Å². The third-order valence-corrected chi connectivity index (χ3v) is 3.95. The van der Waals surface area contributed by atoms with E-state index in [1.54, 1.807) is 16.8 Å². The Labute approximate surface area is 145 Å². The Morgan fingerprint density at radius 3 is 2.60 bits per heavy atom. The summed E-state index contributed by atoms with van der Waals surface area (Å²) in [6, 6.07) is 11.2. The van der Waals surface area contributed by atoms with E-state index in [1.165, 1.54) is 0 Å². The number of tetrazole rings is 1. The van der Waals surface area contributed by atoms with Crippen LogP contribution in [0.25, 0.3) is 5.69 Å². The van der Waals surface area contributed by atoms with Gasteiger partial charge in [-0.3, -0.25) is 0 Å². The van der Waals surface area contributed by atoms with Gasteiger partial charge in [0.05, 0.1) is 11.3 Å². The van der Waals surface area contributed by atoms with Crippen LogP contribution in [0.4, 0.5) is 5.69 Å². The minimum absolute atomic E-state index is 0.0486. The molecule has 3 aromatic rings. The van der Waals surface area contributed by atoms with Crippen LogP contribution in [0.3, 0.4) is 0 Å². The summed E-state index contributed by atoms with van der Waals surface area (Å²) in [5, 5.41) is 11.7. The van der Waals surface area contributed by atoms with Gasteiger partial charge >= 0.3 is 5.97 Å². The van der Waals surface area contributed by atoms with E-state index in [1.807, 2.05) is 45.0 Å². The first-order valence-corrected chi connectivity index (χ1v) is 7.84. The number of ether oxygens (including phenoxy) is 1. The molecule has 0 aliphatic heterocycles. The van der Waals surface area contributed by atoms with Gasteiger partial charge in [0, 0.05) is 5.69 Å². The third kappa shape index (κ3) is 3.35. The average molecular weight is 337 g/mol. The Morgan fingerprint density at radius 2 is 1.88 bits per heavy atom. The minimum atomic E-state index is -0.503. The highest BCUT2D eigenvalue weighted by Gasteiger charge is 2.16. The highest BCUT2D eigenvalue weighted by molar-refractivity contribution is 5.95. The lowest BCUT2D eigenvalue weighted by atomic mass is 10.1. The second-order valence-electron chi connectivity index (χ2n) is 5.91. The van der Waals surface area contributed by atoms with E-state index in [2.05, 4.69) is 15.5 Å². The minimum Gasteiger partial charge on any atom is -0.454 e. The first-order chi connectivity index (χ1) is 12.0. The van der Waals surface area contributed by atoms with Crippen molar-refractivity contribution in [2.24, 2.45) is 0 Å². The maximum Gasteiger partial charge on any atom is 0.340 e. The summed E-state index contributed by atoms with van der Waals surface area (Å²) in [6.45, 7) is 5.80. The number of benzene rings is 2. The SMILES string of the molecule is Cc1ccc(N)c(C(=O)OCc2nnnn2-c2c(C)cccc2C)c1. The highest BCUT2D eigenvalue weighted by atomic mass is 16.5. The molecule has 0 amide bonds. The van der Waals surface area contributed by atoms with E-state index in [9.17, 15) is 4.79 Å². The summed E-state index contributed by atoms with van der Waals surface area (Å²) in [6.07, 6.45) is 0. The van der Waals surface area contributed by atoms with Gasteiger partial charge in [-0.05, 0) is 54.5 Å². The van der Waals surface area contributed by atoms with E-state index >= 15 is 0 Å². The normalized spacial score (nSPS) is 10.7. The van der Waals surface area contributed by atoms with Crippen molar-refractivity contribution in [3.8, 4) is 5.69 Å². The molecule has 0 aliphatic carbocycles. The number of esters is 1. The maximum atomic E-state index is 12.3. The lowest BCUT2D eigenvalue weighted by Gasteiger charge is -2.11. The predicted octanol–water partition coefficient (Wildman–Crippen LogP) is 2.53. The van der Waals surface area contributed by atoms with E-state index < -0.39 is 5.97 Å². The number of rotatable bonds is 4. The first kappa shape index (κ1) is 16.6. The van der Waals surface area contributed by atoms with Crippen molar-refractivity contribution in [1.82, 2.24) is 20.2 Å². The van der Waals surface area contributed by atoms with E-state index in [0.29, 0.717) is 17.1 Å². The van der Waals surface area contributed by atoms with Crippen LogP contribution in [-0.4, -0.2) is 26.2 Å². The topological polar surface area (TPSA) is 95.9 Å². The van der Waals surface area contributed by atoms with Crippen LogP contribution in [0.5, 0.6) is 0 Å². The zero-order valence-electron chi connectivity index (χ0n) is 14.4. The molecule has 25 heavy (non-hydrogen) atoms. The lowest BCUT2D eigenvalue weighted by molar-refractivity contribution is 0.0460. The van der Waals surface area contributed by atoms with Gasteiger partial charge in [0.1, 0.15) is 0 Å². The molecule has 7 nitrogen and oxygen atoms in total. The Bertz CT molecular complexity index is 913. The number of hydrogen-bond donors (Lipinski definition) is 1. The zero-order chi connectivity index (χ0) is 18.0. The average Bonchev–Trinajstić information content (AvgIpc) is 3.03. The fourth-order valence-electron chi connectivity index (χ4n) is 2.66.